The number of pyridine rings is 1. The van der Waals surface area contributed by atoms with Crippen LogP contribution in [-0.2, 0) is 11.3 Å². The Kier molecular flexibility index (Phi) is 7.32. The number of rotatable bonds is 5. The van der Waals surface area contributed by atoms with Gasteiger partial charge in [0.1, 0.15) is 23.1 Å². The number of piperidine rings is 1. The normalized spacial score (nSPS) is 16.0. The van der Waals surface area contributed by atoms with Gasteiger partial charge in [0.25, 0.3) is 0 Å². The molecule has 0 saturated carbocycles. The number of alkyl carbamates (subject to hydrolysis) is 1. The lowest BCUT2D eigenvalue weighted by molar-refractivity contribution is 0.0500. The summed E-state index contributed by atoms with van der Waals surface area (Å²) in [5.41, 5.74) is 2.62. The first-order valence-corrected chi connectivity index (χ1v) is 12.2. The maximum Gasteiger partial charge on any atom is 0.407 e. The number of nitrogens with one attached hydrogen (secondary N) is 2. The zero-order chi connectivity index (χ0) is 25.0. The Morgan fingerprint density at radius 3 is 2.69 bits per heavy atom. The van der Waals surface area contributed by atoms with Gasteiger partial charge in [0, 0.05) is 36.1 Å². The molecule has 3 aromatic rings. The SMILES string of the molecule is CC(C)(C)OC(=O)NC1CCCN(c2c(C#N)c(NCc3ccc(Cl)cc3)nc3ccccc23)C1. The highest BCUT2D eigenvalue weighted by atomic mass is 35.5. The minimum absolute atomic E-state index is 0.0810. The number of para-hydroxylation sites is 1. The van der Waals surface area contributed by atoms with Crippen molar-refractivity contribution in [1.82, 2.24) is 10.3 Å². The molecule has 1 unspecified atom stereocenters. The van der Waals surface area contributed by atoms with Crippen LogP contribution in [0.3, 0.4) is 0 Å². The number of aromatic nitrogens is 1. The van der Waals surface area contributed by atoms with Crippen LogP contribution in [0.4, 0.5) is 16.3 Å². The van der Waals surface area contributed by atoms with E-state index in [1.165, 1.54) is 0 Å². The van der Waals surface area contributed by atoms with E-state index in [2.05, 4.69) is 21.6 Å². The van der Waals surface area contributed by atoms with Crippen molar-refractivity contribution in [3.8, 4) is 6.07 Å². The van der Waals surface area contributed by atoms with Gasteiger partial charge in [0.05, 0.1) is 11.2 Å². The average molecular weight is 492 g/mol. The van der Waals surface area contributed by atoms with Crippen LogP contribution in [0.2, 0.25) is 5.02 Å². The van der Waals surface area contributed by atoms with Crippen LogP contribution in [0.15, 0.2) is 48.5 Å². The molecule has 1 atom stereocenters. The molecule has 1 aromatic heterocycles. The number of benzene rings is 2. The molecule has 0 radical (unpaired) electrons. The molecule has 182 valence electrons. The number of carbonyl (C=O) groups excluding carboxylic acids is 1. The number of fused-ring (bicyclic) bond motifs is 1. The van der Waals surface area contributed by atoms with E-state index in [-0.39, 0.29) is 6.04 Å². The third-order valence-corrected chi connectivity index (χ3v) is 6.06. The number of nitriles is 1. The number of hydrogen-bond donors (Lipinski definition) is 2. The second kappa shape index (κ2) is 10.4. The Morgan fingerprint density at radius 1 is 1.23 bits per heavy atom. The number of hydrogen-bond acceptors (Lipinski definition) is 6. The molecule has 0 spiro atoms. The number of nitrogens with zero attached hydrogens (tertiary/aromatic N) is 3. The number of ether oxygens (including phenoxy) is 1. The summed E-state index contributed by atoms with van der Waals surface area (Å²) in [4.78, 5) is 19.3. The van der Waals surface area contributed by atoms with Crippen LogP contribution in [0.1, 0.15) is 44.7 Å². The fourth-order valence-corrected chi connectivity index (χ4v) is 4.44. The molecule has 2 heterocycles. The molecule has 1 fully saturated rings. The molecule has 8 heteroatoms. The Hall–Kier alpha value is -3.50. The molecular weight excluding hydrogens is 462 g/mol. The number of anilines is 2. The molecule has 2 aromatic carbocycles. The van der Waals surface area contributed by atoms with E-state index >= 15 is 0 Å². The summed E-state index contributed by atoms with van der Waals surface area (Å²) in [5.74, 6) is 0.540. The van der Waals surface area contributed by atoms with Crippen LogP contribution >= 0.6 is 11.6 Å². The van der Waals surface area contributed by atoms with E-state index in [1.54, 1.807) is 0 Å². The molecule has 1 aliphatic heterocycles. The summed E-state index contributed by atoms with van der Waals surface area (Å²) in [6.45, 7) is 7.42. The fraction of sp³-hybridized carbons (Fsp3) is 0.370. The van der Waals surface area contributed by atoms with E-state index in [0.29, 0.717) is 29.5 Å². The van der Waals surface area contributed by atoms with E-state index < -0.39 is 11.7 Å². The van der Waals surface area contributed by atoms with Gasteiger partial charge in [0.2, 0.25) is 0 Å². The molecule has 35 heavy (non-hydrogen) atoms. The lowest BCUT2D eigenvalue weighted by Gasteiger charge is -2.36. The number of carbonyl (C=O) groups is 1. The van der Waals surface area contributed by atoms with Crippen LogP contribution in [0.5, 0.6) is 0 Å². The van der Waals surface area contributed by atoms with Crippen molar-refractivity contribution in [3.05, 3.63) is 64.7 Å². The Bertz CT molecular complexity index is 1250. The molecule has 1 amide bonds. The van der Waals surface area contributed by atoms with E-state index in [4.69, 9.17) is 21.3 Å². The minimum Gasteiger partial charge on any atom is -0.444 e. The van der Waals surface area contributed by atoms with Crippen LogP contribution in [0, 0.1) is 11.3 Å². The van der Waals surface area contributed by atoms with Crippen LogP contribution in [0.25, 0.3) is 10.9 Å². The molecule has 0 aliphatic carbocycles. The van der Waals surface area contributed by atoms with Gasteiger partial charge in [-0.25, -0.2) is 9.78 Å². The summed E-state index contributed by atoms with van der Waals surface area (Å²) in [6.07, 6.45) is 1.31. The molecule has 0 bridgehead atoms. The van der Waals surface area contributed by atoms with Gasteiger partial charge in [-0.05, 0) is 57.4 Å². The highest BCUT2D eigenvalue weighted by molar-refractivity contribution is 6.30. The van der Waals surface area contributed by atoms with Gasteiger partial charge in [-0.3, -0.25) is 0 Å². The lowest BCUT2D eigenvalue weighted by Crippen LogP contribution is -2.49. The van der Waals surface area contributed by atoms with Gasteiger partial charge in [-0.2, -0.15) is 5.26 Å². The predicted molar refractivity (Wildman–Crippen MR) is 140 cm³/mol. The van der Waals surface area contributed by atoms with Crippen molar-refractivity contribution in [1.29, 1.82) is 5.26 Å². The monoisotopic (exact) mass is 491 g/mol. The van der Waals surface area contributed by atoms with Crippen molar-refractivity contribution in [2.24, 2.45) is 0 Å². The summed E-state index contributed by atoms with van der Waals surface area (Å²) in [5, 5.41) is 18.1. The minimum atomic E-state index is -0.557. The summed E-state index contributed by atoms with van der Waals surface area (Å²) >= 11 is 6.01. The maximum atomic E-state index is 12.4. The molecular formula is C27H30ClN5O2. The zero-order valence-corrected chi connectivity index (χ0v) is 21.0. The first-order chi connectivity index (χ1) is 16.7. The highest BCUT2D eigenvalue weighted by Crippen LogP contribution is 2.35. The summed E-state index contributed by atoms with van der Waals surface area (Å²) in [6, 6.07) is 17.7. The van der Waals surface area contributed by atoms with Crippen molar-refractivity contribution < 1.29 is 9.53 Å². The smallest absolute Gasteiger partial charge is 0.407 e. The second-order valence-electron chi connectivity index (χ2n) is 9.72. The van der Waals surface area contributed by atoms with Crippen LogP contribution < -0.4 is 15.5 Å². The Morgan fingerprint density at radius 2 is 1.97 bits per heavy atom. The van der Waals surface area contributed by atoms with Crippen molar-refractivity contribution >= 4 is 40.1 Å². The largest absolute Gasteiger partial charge is 0.444 e. The first kappa shape index (κ1) is 24.6. The highest BCUT2D eigenvalue weighted by Gasteiger charge is 2.28. The maximum absolute atomic E-state index is 12.4. The van der Waals surface area contributed by atoms with Crippen molar-refractivity contribution in [2.45, 2.75) is 51.8 Å². The van der Waals surface area contributed by atoms with E-state index in [0.717, 1.165) is 41.5 Å². The third kappa shape index (κ3) is 6.14. The summed E-state index contributed by atoms with van der Waals surface area (Å²) in [7, 11) is 0. The van der Waals surface area contributed by atoms with Gasteiger partial charge in [0.15, 0.2) is 0 Å². The molecule has 4 rings (SSSR count). The van der Waals surface area contributed by atoms with Gasteiger partial charge in [-0.15, -0.1) is 0 Å². The topological polar surface area (TPSA) is 90.3 Å². The first-order valence-electron chi connectivity index (χ1n) is 11.8. The van der Waals surface area contributed by atoms with Gasteiger partial charge < -0.3 is 20.3 Å². The molecule has 7 nitrogen and oxygen atoms in total. The number of amides is 1. The van der Waals surface area contributed by atoms with Crippen molar-refractivity contribution in [3.63, 3.8) is 0 Å². The Balaban J connectivity index is 1.63. The van der Waals surface area contributed by atoms with Crippen molar-refractivity contribution in [2.75, 3.05) is 23.3 Å². The van der Waals surface area contributed by atoms with E-state index in [1.807, 2.05) is 69.3 Å². The third-order valence-electron chi connectivity index (χ3n) is 5.81. The molecule has 1 saturated heterocycles. The fourth-order valence-electron chi connectivity index (χ4n) is 4.32. The second-order valence-corrected chi connectivity index (χ2v) is 10.2. The quantitative estimate of drug-likeness (QED) is 0.464. The molecule has 2 N–H and O–H groups in total. The number of halogens is 1. The Labute approximate surface area is 211 Å². The van der Waals surface area contributed by atoms with Gasteiger partial charge >= 0.3 is 6.09 Å². The standard InChI is InChI=1S/C27H30ClN5O2/c1-27(2,3)35-26(34)31-20-7-6-14-33(17-20)24-21-8-4-5-9-23(21)32-25(22(24)15-29)30-16-18-10-12-19(28)13-11-18/h4-5,8-13,20H,6-7,14,16-17H2,1-3H3,(H,30,32)(H,31,34). The van der Waals surface area contributed by atoms with Crippen LogP contribution in [-0.4, -0.2) is 35.8 Å². The van der Waals surface area contributed by atoms with E-state index in [9.17, 15) is 10.1 Å². The molecule has 1 aliphatic rings. The predicted octanol–water partition coefficient (Wildman–Crippen LogP) is 5.87. The summed E-state index contributed by atoms with van der Waals surface area (Å²) < 4.78 is 5.45. The zero-order valence-electron chi connectivity index (χ0n) is 20.3. The average Bonchev–Trinajstić information content (AvgIpc) is 2.81. The lowest BCUT2D eigenvalue weighted by atomic mass is 10.0. The van der Waals surface area contributed by atoms with Gasteiger partial charge in [-0.1, -0.05) is 41.9 Å².